The molecular formula is C25H36N4O2. The second kappa shape index (κ2) is 12.2. The summed E-state index contributed by atoms with van der Waals surface area (Å²) in [7, 11) is 3.29. The Morgan fingerprint density at radius 1 is 0.935 bits per heavy atom. The van der Waals surface area contributed by atoms with Crippen molar-refractivity contribution in [2.75, 3.05) is 33.9 Å². The van der Waals surface area contributed by atoms with E-state index in [1.165, 1.54) is 49.9 Å². The molecule has 0 unspecified atom stereocenters. The summed E-state index contributed by atoms with van der Waals surface area (Å²) in [6.45, 7) is 4.73. The highest BCUT2D eigenvalue weighted by atomic mass is 16.5. The number of rotatable bonds is 9. The van der Waals surface area contributed by atoms with Gasteiger partial charge in [0.15, 0.2) is 17.5 Å². The second-order valence-electron chi connectivity index (χ2n) is 8.08. The molecule has 0 spiro atoms. The van der Waals surface area contributed by atoms with Crippen LogP contribution in [0.15, 0.2) is 47.5 Å². The Kier molecular flexibility index (Phi) is 9.03. The Morgan fingerprint density at radius 3 is 2.42 bits per heavy atom. The largest absolute Gasteiger partial charge is 0.493 e. The maximum atomic E-state index is 6.08. The molecule has 2 aromatic rings. The number of methoxy groups -OCH3 is 2. The van der Waals surface area contributed by atoms with Crippen LogP contribution in [0.25, 0.3) is 0 Å². The minimum atomic E-state index is 0.471. The molecule has 1 heterocycles. The minimum absolute atomic E-state index is 0.471. The maximum absolute atomic E-state index is 6.08. The van der Waals surface area contributed by atoms with Crippen molar-refractivity contribution in [1.29, 1.82) is 0 Å². The summed E-state index contributed by atoms with van der Waals surface area (Å²) in [5.41, 5.74) is 9.78. The topological polar surface area (TPSA) is 72.1 Å². The van der Waals surface area contributed by atoms with Gasteiger partial charge in [0.2, 0.25) is 0 Å². The molecule has 0 aliphatic carbocycles. The highest BCUT2D eigenvalue weighted by molar-refractivity contribution is 5.77. The van der Waals surface area contributed by atoms with E-state index >= 15 is 0 Å². The molecular weight excluding hydrogens is 388 g/mol. The van der Waals surface area contributed by atoms with Gasteiger partial charge in [-0.15, -0.1) is 0 Å². The van der Waals surface area contributed by atoms with Crippen molar-refractivity contribution in [2.24, 2.45) is 10.7 Å². The molecule has 0 amide bonds. The van der Waals surface area contributed by atoms with Gasteiger partial charge in [-0.3, -0.25) is 4.90 Å². The number of likely N-dealkylation sites (tertiary alicyclic amines) is 1. The first-order chi connectivity index (χ1) is 15.2. The normalized spacial score (nSPS) is 15.4. The number of aliphatic imine (C=N–C) groups is 1. The zero-order valence-corrected chi connectivity index (χ0v) is 18.9. The van der Waals surface area contributed by atoms with Gasteiger partial charge in [-0.05, 0) is 61.2 Å². The number of nitrogens with one attached hydrogen (secondary N) is 1. The van der Waals surface area contributed by atoms with Crippen molar-refractivity contribution < 1.29 is 9.47 Å². The van der Waals surface area contributed by atoms with Gasteiger partial charge in [0.25, 0.3) is 0 Å². The van der Waals surface area contributed by atoms with Crippen LogP contribution in [0.3, 0.4) is 0 Å². The molecule has 0 atom stereocenters. The summed E-state index contributed by atoms with van der Waals surface area (Å²) in [5.74, 6) is 1.94. The summed E-state index contributed by atoms with van der Waals surface area (Å²) in [6.07, 6.45) is 6.18. The lowest BCUT2D eigenvalue weighted by Gasteiger charge is -2.20. The lowest BCUT2D eigenvalue weighted by molar-refractivity contribution is 0.277. The Labute approximate surface area is 186 Å². The van der Waals surface area contributed by atoms with Gasteiger partial charge in [-0.1, -0.05) is 43.2 Å². The molecule has 3 rings (SSSR count). The van der Waals surface area contributed by atoms with Crippen molar-refractivity contribution in [3.63, 3.8) is 0 Å². The molecule has 0 bridgehead atoms. The molecule has 3 N–H and O–H groups in total. The van der Waals surface area contributed by atoms with E-state index < -0.39 is 0 Å². The van der Waals surface area contributed by atoms with Crippen LogP contribution < -0.4 is 20.5 Å². The third kappa shape index (κ3) is 7.47. The molecule has 0 saturated carbocycles. The van der Waals surface area contributed by atoms with Gasteiger partial charge in [-0.25, -0.2) is 4.99 Å². The molecule has 1 saturated heterocycles. The van der Waals surface area contributed by atoms with E-state index in [4.69, 9.17) is 15.2 Å². The van der Waals surface area contributed by atoms with Crippen molar-refractivity contribution in [3.8, 4) is 11.5 Å². The summed E-state index contributed by atoms with van der Waals surface area (Å²) < 4.78 is 10.6. The summed E-state index contributed by atoms with van der Waals surface area (Å²) in [4.78, 5) is 7.08. The van der Waals surface area contributed by atoms with E-state index in [2.05, 4.69) is 39.5 Å². The fraction of sp³-hybridized carbons (Fsp3) is 0.480. The van der Waals surface area contributed by atoms with Crippen LogP contribution in [-0.2, 0) is 19.5 Å². The number of hydrogen-bond donors (Lipinski definition) is 2. The van der Waals surface area contributed by atoms with Gasteiger partial charge >= 0.3 is 0 Å². The lowest BCUT2D eigenvalue weighted by atomic mass is 10.1. The number of guanidine groups is 1. The predicted octanol–water partition coefficient (Wildman–Crippen LogP) is 3.73. The lowest BCUT2D eigenvalue weighted by Crippen LogP contribution is -2.33. The standard InChI is InChI=1S/C25H36N4O2/c1-30-23-11-10-20(17-24(23)31-2)12-13-27-25(26)28-18-21-8-7-9-22(16-21)19-29-14-5-3-4-6-15-29/h7-11,16-17H,3-6,12-15,18-19H2,1-2H3,(H3,26,27,28). The summed E-state index contributed by atoms with van der Waals surface area (Å²) >= 11 is 0. The molecule has 1 aliphatic rings. The Balaban J connectivity index is 1.46. The van der Waals surface area contributed by atoms with Crippen LogP contribution in [0.5, 0.6) is 11.5 Å². The number of ether oxygens (including phenoxy) is 2. The predicted molar refractivity (Wildman–Crippen MR) is 127 cm³/mol. The van der Waals surface area contributed by atoms with E-state index in [1.54, 1.807) is 14.2 Å². The van der Waals surface area contributed by atoms with Crippen molar-refractivity contribution in [3.05, 3.63) is 59.2 Å². The highest BCUT2D eigenvalue weighted by Crippen LogP contribution is 2.27. The SMILES string of the molecule is COc1ccc(CCNC(N)=NCc2cccc(CN3CCCCCC3)c2)cc1OC. The van der Waals surface area contributed by atoms with Crippen molar-refractivity contribution in [2.45, 2.75) is 45.2 Å². The zero-order chi connectivity index (χ0) is 21.9. The molecule has 0 radical (unpaired) electrons. The van der Waals surface area contributed by atoms with Crippen LogP contribution in [0, 0.1) is 0 Å². The van der Waals surface area contributed by atoms with Gasteiger partial charge in [0.05, 0.1) is 20.8 Å². The quantitative estimate of drug-likeness (QED) is 0.474. The minimum Gasteiger partial charge on any atom is -0.493 e. The van der Waals surface area contributed by atoms with Crippen LogP contribution in [-0.4, -0.2) is 44.7 Å². The number of hydrogen-bond acceptors (Lipinski definition) is 4. The van der Waals surface area contributed by atoms with E-state index in [0.29, 0.717) is 19.0 Å². The number of nitrogens with zero attached hydrogens (tertiary/aromatic N) is 2. The Morgan fingerprint density at radius 2 is 1.68 bits per heavy atom. The van der Waals surface area contributed by atoms with E-state index in [-0.39, 0.29) is 0 Å². The van der Waals surface area contributed by atoms with Crippen LogP contribution in [0.2, 0.25) is 0 Å². The zero-order valence-electron chi connectivity index (χ0n) is 18.9. The monoisotopic (exact) mass is 424 g/mol. The maximum Gasteiger partial charge on any atom is 0.188 e. The number of benzene rings is 2. The molecule has 31 heavy (non-hydrogen) atoms. The summed E-state index contributed by atoms with van der Waals surface area (Å²) in [6, 6.07) is 14.7. The first-order valence-corrected chi connectivity index (χ1v) is 11.2. The smallest absolute Gasteiger partial charge is 0.188 e. The molecule has 168 valence electrons. The fourth-order valence-corrected chi connectivity index (χ4v) is 3.98. The second-order valence-corrected chi connectivity index (χ2v) is 8.08. The molecule has 1 fully saturated rings. The van der Waals surface area contributed by atoms with Crippen LogP contribution >= 0.6 is 0 Å². The van der Waals surface area contributed by atoms with E-state index in [9.17, 15) is 0 Å². The highest BCUT2D eigenvalue weighted by Gasteiger charge is 2.09. The third-order valence-corrected chi connectivity index (χ3v) is 5.70. The molecule has 2 aromatic carbocycles. The van der Waals surface area contributed by atoms with Crippen molar-refractivity contribution >= 4 is 5.96 Å². The average molecular weight is 425 g/mol. The Hall–Kier alpha value is -2.73. The molecule has 0 aromatic heterocycles. The van der Waals surface area contributed by atoms with Gasteiger partial charge in [0, 0.05) is 13.1 Å². The fourth-order valence-electron chi connectivity index (χ4n) is 3.98. The van der Waals surface area contributed by atoms with Gasteiger partial charge < -0.3 is 20.5 Å². The third-order valence-electron chi connectivity index (χ3n) is 5.70. The molecule has 6 heteroatoms. The van der Waals surface area contributed by atoms with Crippen molar-refractivity contribution in [1.82, 2.24) is 10.2 Å². The first kappa shape index (κ1) is 22.9. The first-order valence-electron chi connectivity index (χ1n) is 11.2. The molecule has 6 nitrogen and oxygen atoms in total. The Bertz CT molecular complexity index is 845. The van der Waals surface area contributed by atoms with Crippen LogP contribution in [0.4, 0.5) is 0 Å². The number of nitrogens with two attached hydrogens (primary N) is 1. The van der Waals surface area contributed by atoms with Gasteiger partial charge in [0.1, 0.15) is 0 Å². The van der Waals surface area contributed by atoms with E-state index in [1.807, 2.05) is 18.2 Å². The molecule has 1 aliphatic heterocycles. The average Bonchev–Trinajstić information content (AvgIpc) is 3.06. The van der Waals surface area contributed by atoms with Gasteiger partial charge in [-0.2, -0.15) is 0 Å². The van der Waals surface area contributed by atoms with Crippen LogP contribution in [0.1, 0.15) is 42.4 Å². The summed E-state index contributed by atoms with van der Waals surface area (Å²) in [5, 5.41) is 3.20. The van der Waals surface area contributed by atoms with E-state index in [0.717, 1.165) is 30.0 Å².